The van der Waals surface area contributed by atoms with Gasteiger partial charge in [-0.2, -0.15) is 10.1 Å². The largest absolute Gasteiger partial charge is 0.377 e. The summed E-state index contributed by atoms with van der Waals surface area (Å²) < 4.78 is 5.57. The molecule has 7 nitrogen and oxygen atoms in total. The first-order valence-electron chi connectivity index (χ1n) is 9.01. The van der Waals surface area contributed by atoms with Crippen molar-refractivity contribution in [3.05, 3.63) is 46.6 Å². The number of benzene rings is 1. The van der Waals surface area contributed by atoms with Crippen molar-refractivity contribution in [3.63, 3.8) is 0 Å². The molecule has 0 bridgehead atoms. The van der Waals surface area contributed by atoms with E-state index < -0.39 is 0 Å². The fraction of sp³-hybridized carbons (Fsp3) is 0.421. The van der Waals surface area contributed by atoms with Gasteiger partial charge in [-0.05, 0) is 19.4 Å². The molecule has 2 aromatic rings. The van der Waals surface area contributed by atoms with E-state index in [0.29, 0.717) is 12.0 Å². The summed E-state index contributed by atoms with van der Waals surface area (Å²) in [6.45, 7) is 8.10. The molecule has 3 heterocycles. The van der Waals surface area contributed by atoms with Crippen molar-refractivity contribution in [2.45, 2.75) is 33.0 Å². The molecular weight excluding hydrogens is 328 g/mol. The maximum atomic E-state index is 5.57. The van der Waals surface area contributed by atoms with Gasteiger partial charge in [-0.3, -0.25) is 0 Å². The van der Waals surface area contributed by atoms with Gasteiger partial charge in [0, 0.05) is 25.2 Å². The van der Waals surface area contributed by atoms with Crippen molar-refractivity contribution in [2.24, 2.45) is 5.10 Å². The predicted molar refractivity (Wildman–Crippen MR) is 103 cm³/mol. The van der Waals surface area contributed by atoms with Gasteiger partial charge in [-0.25, -0.2) is 10.4 Å². The monoisotopic (exact) mass is 352 g/mol. The molecular formula is C19H24N6O. The average Bonchev–Trinajstić information content (AvgIpc) is 3.10. The van der Waals surface area contributed by atoms with Crippen LogP contribution in [0.15, 0.2) is 29.4 Å². The average molecular weight is 352 g/mol. The molecule has 2 aliphatic rings. The minimum Gasteiger partial charge on any atom is -0.377 e. The maximum absolute atomic E-state index is 5.57. The first-order chi connectivity index (χ1) is 12.7. The Balaban J connectivity index is 1.58. The maximum Gasteiger partial charge on any atom is 0.245 e. The second kappa shape index (κ2) is 7.39. The number of morpholine rings is 1. The van der Waals surface area contributed by atoms with E-state index in [1.165, 1.54) is 11.1 Å². The number of anilines is 2. The summed E-state index contributed by atoms with van der Waals surface area (Å²) in [6.07, 6.45) is 1.79. The minimum absolute atomic E-state index is 0.298. The molecule has 0 amide bonds. The van der Waals surface area contributed by atoms with Crippen LogP contribution in [0, 0.1) is 6.92 Å². The highest BCUT2D eigenvalue weighted by atomic mass is 16.5. The van der Waals surface area contributed by atoms with Crippen molar-refractivity contribution in [3.8, 4) is 0 Å². The molecule has 0 spiro atoms. The summed E-state index contributed by atoms with van der Waals surface area (Å²) >= 11 is 0. The third kappa shape index (κ3) is 3.54. The summed E-state index contributed by atoms with van der Waals surface area (Å²) in [5.41, 5.74) is 7.48. The van der Waals surface area contributed by atoms with Crippen LogP contribution in [0.25, 0.3) is 0 Å². The Bertz CT molecular complexity index is 822. The van der Waals surface area contributed by atoms with Crippen LogP contribution in [-0.4, -0.2) is 42.0 Å². The zero-order valence-corrected chi connectivity index (χ0v) is 15.2. The van der Waals surface area contributed by atoms with E-state index >= 15 is 0 Å². The topological polar surface area (TPSA) is 74.7 Å². The van der Waals surface area contributed by atoms with Gasteiger partial charge in [0.25, 0.3) is 0 Å². The Morgan fingerprint density at radius 3 is 3.12 bits per heavy atom. The zero-order valence-electron chi connectivity index (χ0n) is 15.2. The quantitative estimate of drug-likeness (QED) is 0.648. The number of aryl methyl sites for hydroxylation is 1. The normalized spacial score (nSPS) is 19.8. The number of rotatable bonds is 4. The highest BCUT2D eigenvalue weighted by Gasteiger charge is 2.27. The van der Waals surface area contributed by atoms with Crippen molar-refractivity contribution < 1.29 is 4.74 Å². The lowest BCUT2D eigenvalue weighted by Crippen LogP contribution is -2.44. The molecule has 4 rings (SSSR count). The molecule has 1 saturated heterocycles. The standard InChI is InChI=1S/C19H24N6O/c1-13-4-3-5-15(8-13)9-21-24-19-22-17-11-20-10-16(17)18(23-19)25-6-7-26-12-14(25)2/h3-5,8-9,14,20H,6-7,10-12H2,1-2H3,(H,22,23,24)/b21-9+/t14-/m1/s1. The number of hydrogen-bond acceptors (Lipinski definition) is 7. The SMILES string of the molecule is Cc1cccc(/C=N/Nc2nc3c(c(N4CCOC[C@H]4C)n2)CNC3)c1. The Morgan fingerprint density at radius 1 is 1.35 bits per heavy atom. The van der Waals surface area contributed by atoms with Gasteiger partial charge in [0.2, 0.25) is 5.95 Å². The van der Waals surface area contributed by atoms with Crippen LogP contribution in [-0.2, 0) is 17.8 Å². The van der Waals surface area contributed by atoms with Crippen molar-refractivity contribution in [2.75, 3.05) is 30.1 Å². The second-order valence-corrected chi connectivity index (χ2v) is 6.80. The van der Waals surface area contributed by atoms with Gasteiger partial charge < -0.3 is 15.0 Å². The molecule has 1 atom stereocenters. The molecule has 0 unspecified atom stereocenters. The summed E-state index contributed by atoms with van der Waals surface area (Å²) in [6, 6.07) is 8.49. The predicted octanol–water partition coefficient (Wildman–Crippen LogP) is 2.06. The number of hydrogen-bond donors (Lipinski definition) is 2. The molecule has 1 aromatic carbocycles. The Kier molecular flexibility index (Phi) is 4.81. The highest BCUT2D eigenvalue weighted by Crippen LogP contribution is 2.28. The lowest BCUT2D eigenvalue weighted by atomic mass is 10.2. The molecule has 0 aliphatic carbocycles. The van der Waals surface area contributed by atoms with Gasteiger partial charge in [-0.1, -0.05) is 29.8 Å². The van der Waals surface area contributed by atoms with Gasteiger partial charge in [0.15, 0.2) is 0 Å². The summed E-state index contributed by atoms with van der Waals surface area (Å²) in [7, 11) is 0. The van der Waals surface area contributed by atoms with Crippen molar-refractivity contribution in [1.29, 1.82) is 0 Å². The van der Waals surface area contributed by atoms with Gasteiger partial charge in [-0.15, -0.1) is 0 Å². The number of fused-ring (bicyclic) bond motifs is 1. The van der Waals surface area contributed by atoms with Crippen LogP contribution < -0.4 is 15.6 Å². The zero-order chi connectivity index (χ0) is 17.9. The molecule has 7 heteroatoms. The number of nitrogens with one attached hydrogen (secondary N) is 2. The van der Waals surface area contributed by atoms with Crippen molar-refractivity contribution >= 4 is 18.0 Å². The van der Waals surface area contributed by atoms with Crippen LogP contribution in [0.2, 0.25) is 0 Å². The first-order valence-corrected chi connectivity index (χ1v) is 9.01. The number of aromatic nitrogens is 2. The summed E-state index contributed by atoms with van der Waals surface area (Å²) in [4.78, 5) is 11.7. The molecule has 0 radical (unpaired) electrons. The number of ether oxygens (including phenoxy) is 1. The number of hydrazone groups is 1. The fourth-order valence-electron chi connectivity index (χ4n) is 3.39. The number of nitrogens with zero attached hydrogens (tertiary/aromatic N) is 4. The second-order valence-electron chi connectivity index (χ2n) is 6.80. The lowest BCUT2D eigenvalue weighted by Gasteiger charge is -2.35. The van der Waals surface area contributed by atoms with Crippen LogP contribution in [0.4, 0.5) is 11.8 Å². The Labute approximate surface area is 153 Å². The van der Waals surface area contributed by atoms with E-state index in [0.717, 1.165) is 49.9 Å². The molecule has 26 heavy (non-hydrogen) atoms. The summed E-state index contributed by atoms with van der Waals surface area (Å²) in [5, 5.41) is 7.69. The van der Waals surface area contributed by atoms with Gasteiger partial charge >= 0.3 is 0 Å². The Morgan fingerprint density at radius 2 is 2.27 bits per heavy atom. The highest BCUT2D eigenvalue weighted by molar-refractivity contribution is 5.80. The molecule has 1 fully saturated rings. The van der Waals surface area contributed by atoms with Crippen LogP contribution in [0.5, 0.6) is 0 Å². The van der Waals surface area contributed by atoms with E-state index in [9.17, 15) is 0 Å². The van der Waals surface area contributed by atoms with E-state index in [1.807, 2.05) is 12.1 Å². The smallest absolute Gasteiger partial charge is 0.245 e. The first kappa shape index (κ1) is 16.9. The molecule has 0 saturated carbocycles. The van der Waals surface area contributed by atoms with E-state index in [-0.39, 0.29) is 0 Å². The lowest BCUT2D eigenvalue weighted by molar-refractivity contribution is 0.0984. The van der Waals surface area contributed by atoms with E-state index in [4.69, 9.17) is 9.72 Å². The van der Waals surface area contributed by atoms with E-state index in [2.05, 4.69) is 51.7 Å². The van der Waals surface area contributed by atoms with Gasteiger partial charge in [0.1, 0.15) is 5.82 Å². The minimum atomic E-state index is 0.298. The van der Waals surface area contributed by atoms with Crippen LogP contribution >= 0.6 is 0 Å². The third-order valence-electron chi connectivity index (χ3n) is 4.73. The summed E-state index contributed by atoms with van der Waals surface area (Å²) in [5.74, 6) is 1.52. The molecule has 2 aliphatic heterocycles. The Hall–Kier alpha value is -2.51. The van der Waals surface area contributed by atoms with Crippen molar-refractivity contribution in [1.82, 2.24) is 15.3 Å². The van der Waals surface area contributed by atoms with Gasteiger partial charge in [0.05, 0.1) is 31.2 Å². The molecule has 1 aromatic heterocycles. The van der Waals surface area contributed by atoms with E-state index in [1.54, 1.807) is 6.21 Å². The molecule has 2 N–H and O–H groups in total. The third-order valence-corrected chi connectivity index (χ3v) is 4.73. The molecule has 136 valence electrons. The van der Waals surface area contributed by atoms with Crippen LogP contribution in [0.3, 0.4) is 0 Å². The fourth-order valence-corrected chi connectivity index (χ4v) is 3.39. The van der Waals surface area contributed by atoms with Crippen LogP contribution in [0.1, 0.15) is 29.3 Å².